The summed E-state index contributed by atoms with van der Waals surface area (Å²) in [6.45, 7) is 3.52. The smallest absolute Gasteiger partial charge is 0.462 e. The monoisotopic (exact) mass is 712 g/mol. The minimum absolute atomic E-state index is 0.0772. The molecule has 0 aromatic rings. The molecule has 1 unspecified atom stereocenters. The Labute approximate surface area is 297 Å². The fraction of sp³-hybridized carbons (Fsp3) is 0.744. The van der Waals surface area contributed by atoms with E-state index in [1.165, 1.54) is 77.0 Å². The number of hydrogen-bond acceptors (Lipinski definition) is 7. The van der Waals surface area contributed by atoms with Gasteiger partial charge in [-0.25, -0.2) is 4.57 Å². The van der Waals surface area contributed by atoms with Gasteiger partial charge in [0.25, 0.3) is 0 Å². The van der Waals surface area contributed by atoms with Crippen molar-refractivity contribution < 1.29 is 43.0 Å². The quantitative estimate of drug-likeness (QED) is 0.0195. The molecule has 10 heteroatoms. The number of phosphoric ester groups is 1. The zero-order valence-corrected chi connectivity index (χ0v) is 31.6. The number of hydrogen-bond donors (Lipinski definition) is 3. The van der Waals surface area contributed by atoms with Gasteiger partial charge >= 0.3 is 19.8 Å². The van der Waals surface area contributed by atoms with Gasteiger partial charge in [-0.2, -0.15) is 0 Å². The van der Waals surface area contributed by atoms with Crippen LogP contribution >= 0.6 is 7.82 Å². The SMILES string of the molecule is CCCCC/C=C\C/C=C\CC(O)/C=C\C=C\CCCC(=O)O[C@H](COC(=O)CCCCCCCCCCCCCCC)COP(=O)(O)O. The van der Waals surface area contributed by atoms with Gasteiger partial charge < -0.3 is 24.4 Å². The van der Waals surface area contributed by atoms with Crippen LogP contribution in [0.5, 0.6) is 0 Å². The number of carbonyl (C=O) groups is 2. The van der Waals surface area contributed by atoms with Gasteiger partial charge in [-0.15, -0.1) is 0 Å². The van der Waals surface area contributed by atoms with Crippen LogP contribution < -0.4 is 0 Å². The number of phosphoric acid groups is 1. The van der Waals surface area contributed by atoms with Crippen molar-refractivity contribution in [1.82, 2.24) is 0 Å². The van der Waals surface area contributed by atoms with Crippen LogP contribution in [0.3, 0.4) is 0 Å². The number of ether oxygens (including phenoxy) is 2. The molecule has 2 atom stereocenters. The van der Waals surface area contributed by atoms with E-state index in [0.717, 1.165) is 32.1 Å². The predicted molar refractivity (Wildman–Crippen MR) is 199 cm³/mol. The molecule has 49 heavy (non-hydrogen) atoms. The van der Waals surface area contributed by atoms with Gasteiger partial charge in [0.1, 0.15) is 6.61 Å². The number of carbonyl (C=O) groups excluding carboxylic acids is 2. The molecule has 284 valence electrons. The van der Waals surface area contributed by atoms with E-state index in [0.29, 0.717) is 25.7 Å². The second-order valence-electron chi connectivity index (χ2n) is 12.8. The van der Waals surface area contributed by atoms with Gasteiger partial charge in [-0.1, -0.05) is 152 Å². The van der Waals surface area contributed by atoms with Crippen molar-refractivity contribution in [2.45, 2.75) is 174 Å². The molecule has 0 spiro atoms. The summed E-state index contributed by atoms with van der Waals surface area (Å²) in [7, 11) is -4.79. The van der Waals surface area contributed by atoms with Crippen molar-refractivity contribution >= 4 is 19.8 Å². The standard InChI is InChI=1S/C39H69O9P/c1-3-5-7-9-11-13-14-15-16-18-20-24-28-32-38(41)46-34-37(35-47-49(43,44)45)48-39(42)33-29-25-21-23-27-31-36(40)30-26-22-19-17-12-10-8-6-4-2/h12,17,21-23,26-27,31,36-37,40H,3-11,13-16,18-20,24-25,28-30,32-35H2,1-2H3,(H2,43,44,45)/b17-12-,23-21+,26-22-,31-27-/t36?,37-/m1/s1. The lowest BCUT2D eigenvalue weighted by atomic mass is 10.0. The van der Waals surface area contributed by atoms with E-state index >= 15 is 0 Å². The largest absolute Gasteiger partial charge is 0.469 e. The van der Waals surface area contributed by atoms with Crippen molar-refractivity contribution in [3.05, 3.63) is 48.6 Å². The van der Waals surface area contributed by atoms with E-state index < -0.39 is 38.6 Å². The van der Waals surface area contributed by atoms with Crippen molar-refractivity contribution in [2.75, 3.05) is 13.2 Å². The first-order valence-electron chi connectivity index (χ1n) is 19.0. The normalized spacial score (nSPS) is 13.7. The van der Waals surface area contributed by atoms with E-state index in [1.807, 2.05) is 18.2 Å². The number of aliphatic hydroxyl groups is 1. The number of unbranched alkanes of at least 4 members (excludes halogenated alkanes) is 16. The number of aliphatic hydroxyl groups excluding tert-OH is 1. The molecule has 9 nitrogen and oxygen atoms in total. The van der Waals surface area contributed by atoms with E-state index in [9.17, 15) is 19.3 Å². The Morgan fingerprint density at radius 3 is 1.82 bits per heavy atom. The van der Waals surface area contributed by atoms with Crippen LogP contribution in [-0.4, -0.2) is 52.3 Å². The molecule has 0 aliphatic heterocycles. The Morgan fingerprint density at radius 2 is 1.18 bits per heavy atom. The van der Waals surface area contributed by atoms with Gasteiger partial charge in [-0.3, -0.25) is 14.1 Å². The Hall–Kier alpha value is -2.03. The molecule has 0 fully saturated rings. The van der Waals surface area contributed by atoms with Gasteiger partial charge in [0, 0.05) is 12.8 Å². The lowest BCUT2D eigenvalue weighted by molar-refractivity contribution is -0.161. The lowest BCUT2D eigenvalue weighted by Crippen LogP contribution is -2.29. The third-order valence-electron chi connectivity index (χ3n) is 7.93. The van der Waals surface area contributed by atoms with Gasteiger partial charge in [0.2, 0.25) is 0 Å². The first-order chi connectivity index (χ1) is 23.7. The van der Waals surface area contributed by atoms with Gasteiger partial charge in [0.05, 0.1) is 12.7 Å². The van der Waals surface area contributed by atoms with Crippen LogP contribution in [0.1, 0.15) is 162 Å². The summed E-state index contributed by atoms with van der Waals surface area (Å²) in [5.74, 6) is -1.02. The summed E-state index contributed by atoms with van der Waals surface area (Å²) >= 11 is 0. The average molecular weight is 713 g/mol. The molecule has 0 aliphatic carbocycles. The van der Waals surface area contributed by atoms with Crippen LogP contribution in [0, 0.1) is 0 Å². The highest BCUT2D eigenvalue weighted by Gasteiger charge is 2.22. The third-order valence-corrected chi connectivity index (χ3v) is 8.42. The summed E-state index contributed by atoms with van der Waals surface area (Å²) < 4.78 is 26.2. The molecular weight excluding hydrogens is 643 g/mol. The highest BCUT2D eigenvalue weighted by molar-refractivity contribution is 7.46. The maximum Gasteiger partial charge on any atom is 0.469 e. The van der Waals surface area contributed by atoms with Crippen molar-refractivity contribution in [2.24, 2.45) is 0 Å². The highest BCUT2D eigenvalue weighted by Crippen LogP contribution is 2.36. The summed E-state index contributed by atoms with van der Waals surface area (Å²) in [6.07, 6.45) is 37.2. The van der Waals surface area contributed by atoms with Crippen LogP contribution in [0.2, 0.25) is 0 Å². The summed E-state index contributed by atoms with van der Waals surface area (Å²) in [5.41, 5.74) is 0. The second kappa shape index (κ2) is 34.4. The minimum atomic E-state index is -4.79. The fourth-order valence-electron chi connectivity index (χ4n) is 5.03. The van der Waals surface area contributed by atoms with Crippen molar-refractivity contribution in [3.8, 4) is 0 Å². The Kier molecular flexibility index (Phi) is 33.0. The van der Waals surface area contributed by atoms with E-state index in [4.69, 9.17) is 19.3 Å². The minimum Gasteiger partial charge on any atom is -0.462 e. The van der Waals surface area contributed by atoms with Crippen molar-refractivity contribution in [3.63, 3.8) is 0 Å². The predicted octanol–water partition coefficient (Wildman–Crippen LogP) is 10.1. The third kappa shape index (κ3) is 37.1. The maximum atomic E-state index is 12.3. The number of rotatable bonds is 34. The molecule has 0 aromatic heterocycles. The average Bonchev–Trinajstić information content (AvgIpc) is 3.06. The molecule has 3 N–H and O–H groups in total. The van der Waals surface area contributed by atoms with Crippen molar-refractivity contribution in [1.29, 1.82) is 0 Å². The molecule has 0 amide bonds. The Morgan fingerprint density at radius 1 is 0.633 bits per heavy atom. The molecule has 0 saturated carbocycles. The van der Waals surface area contributed by atoms with Gasteiger partial charge in [0.15, 0.2) is 6.10 Å². The summed E-state index contributed by atoms with van der Waals surface area (Å²) in [4.78, 5) is 42.7. The Bertz CT molecular complexity index is 954. The molecule has 0 bridgehead atoms. The molecular formula is C39H69O9P. The topological polar surface area (TPSA) is 140 Å². The molecule has 0 rings (SSSR count). The summed E-state index contributed by atoms with van der Waals surface area (Å²) in [5, 5.41) is 10.1. The van der Waals surface area contributed by atoms with Gasteiger partial charge in [-0.05, 0) is 44.9 Å². The summed E-state index contributed by atoms with van der Waals surface area (Å²) in [6, 6.07) is 0. The lowest BCUT2D eigenvalue weighted by Gasteiger charge is -2.18. The Balaban J connectivity index is 4.17. The van der Waals surface area contributed by atoms with Crippen LogP contribution in [0.15, 0.2) is 48.6 Å². The van der Waals surface area contributed by atoms with Crippen LogP contribution in [0.4, 0.5) is 0 Å². The number of esters is 2. The van der Waals surface area contributed by atoms with E-state index in [2.05, 4.69) is 36.6 Å². The zero-order chi connectivity index (χ0) is 36.3. The molecule has 0 aromatic carbocycles. The fourth-order valence-corrected chi connectivity index (χ4v) is 5.39. The zero-order valence-electron chi connectivity index (χ0n) is 30.7. The first-order valence-corrected chi connectivity index (χ1v) is 20.6. The molecule has 0 heterocycles. The van der Waals surface area contributed by atoms with E-state index in [-0.39, 0.29) is 19.4 Å². The maximum absolute atomic E-state index is 12.3. The number of allylic oxidation sites excluding steroid dienone is 6. The second-order valence-corrected chi connectivity index (χ2v) is 14.0. The van der Waals surface area contributed by atoms with Crippen LogP contribution in [-0.2, 0) is 28.2 Å². The first kappa shape index (κ1) is 47.0. The van der Waals surface area contributed by atoms with E-state index in [1.54, 1.807) is 12.2 Å². The molecule has 0 radical (unpaired) electrons. The molecule has 0 saturated heterocycles. The molecule has 0 aliphatic rings. The highest BCUT2D eigenvalue weighted by atomic mass is 31.2. The van der Waals surface area contributed by atoms with Crippen LogP contribution in [0.25, 0.3) is 0 Å².